The van der Waals surface area contributed by atoms with Crippen molar-refractivity contribution in [2.45, 2.75) is 30.5 Å². The molecule has 0 atom stereocenters. The maximum Gasteiger partial charge on any atom is 0.433 e. The van der Waals surface area contributed by atoms with Crippen molar-refractivity contribution in [1.29, 1.82) is 0 Å². The first kappa shape index (κ1) is 14.2. The fraction of sp³-hybridized carbons (Fsp3) is 0.500. The molecule has 1 aromatic rings. The molecule has 1 aliphatic rings. The zero-order chi connectivity index (χ0) is 14.1. The fourth-order valence-corrected chi connectivity index (χ4v) is 2.93. The summed E-state index contributed by atoms with van der Waals surface area (Å²) >= 11 is 1.19. The minimum Gasteiger partial charge on any atom is -0.481 e. The van der Waals surface area contributed by atoms with Crippen LogP contribution in [-0.2, 0) is 11.0 Å². The van der Waals surface area contributed by atoms with Crippen LogP contribution in [0.4, 0.5) is 13.2 Å². The smallest absolute Gasteiger partial charge is 0.433 e. The van der Waals surface area contributed by atoms with Crippen molar-refractivity contribution in [2.75, 3.05) is 5.75 Å². The Kier molecular flexibility index (Phi) is 3.75. The van der Waals surface area contributed by atoms with Gasteiger partial charge in [0.2, 0.25) is 0 Å². The molecular formula is C12H12F3NO2S. The molecule has 0 radical (unpaired) electrons. The fourth-order valence-electron chi connectivity index (χ4n) is 1.75. The third kappa shape index (κ3) is 3.86. The number of rotatable bonds is 5. The average Bonchev–Trinajstić information content (AvgIpc) is 3.05. The van der Waals surface area contributed by atoms with E-state index in [-0.39, 0.29) is 16.9 Å². The van der Waals surface area contributed by atoms with Crippen molar-refractivity contribution in [2.24, 2.45) is 5.41 Å². The number of hydrogen-bond acceptors (Lipinski definition) is 3. The number of thioether (sulfide) groups is 1. The minimum absolute atomic E-state index is 0.0684. The molecule has 1 saturated carbocycles. The van der Waals surface area contributed by atoms with Gasteiger partial charge in [-0.25, -0.2) is 4.98 Å². The van der Waals surface area contributed by atoms with E-state index < -0.39 is 17.8 Å². The summed E-state index contributed by atoms with van der Waals surface area (Å²) in [5, 5.41) is 9.05. The lowest BCUT2D eigenvalue weighted by Crippen LogP contribution is -2.12. The summed E-state index contributed by atoms with van der Waals surface area (Å²) in [6, 6.07) is 3.75. The summed E-state index contributed by atoms with van der Waals surface area (Å²) in [6.45, 7) is 0. The Labute approximate surface area is 112 Å². The molecule has 0 aliphatic heterocycles. The van der Waals surface area contributed by atoms with Gasteiger partial charge in [0.05, 0.1) is 11.4 Å². The van der Waals surface area contributed by atoms with Crippen molar-refractivity contribution in [1.82, 2.24) is 4.98 Å². The van der Waals surface area contributed by atoms with Gasteiger partial charge in [-0.1, -0.05) is 6.07 Å². The monoisotopic (exact) mass is 291 g/mol. The van der Waals surface area contributed by atoms with E-state index in [9.17, 15) is 18.0 Å². The third-order valence-electron chi connectivity index (χ3n) is 3.02. The van der Waals surface area contributed by atoms with Crippen molar-refractivity contribution < 1.29 is 23.1 Å². The van der Waals surface area contributed by atoms with Gasteiger partial charge in [0, 0.05) is 5.75 Å². The Balaban J connectivity index is 1.99. The number of pyridine rings is 1. The van der Waals surface area contributed by atoms with Gasteiger partial charge in [-0.3, -0.25) is 4.79 Å². The molecule has 104 valence electrons. The van der Waals surface area contributed by atoms with E-state index in [0.29, 0.717) is 5.75 Å². The number of aromatic nitrogens is 1. The highest BCUT2D eigenvalue weighted by Gasteiger charge is 2.44. The Bertz CT molecular complexity index is 486. The van der Waals surface area contributed by atoms with E-state index in [2.05, 4.69) is 4.98 Å². The topological polar surface area (TPSA) is 50.2 Å². The Morgan fingerprint density at radius 1 is 1.42 bits per heavy atom. The van der Waals surface area contributed by atoms with Crippen LogP contribution < -0.4 is 0 Å². The number of alkyl halides is 3. The number of carboxylic acid groups (broad SMARTS) is 1. The molecule has 0 unspecified atom stereocenters. The molecule has 1 aromatic heterocycles. The van der Waals surface area contributed by atoms with Crippen LogP contribution in [0.15, 0.2) is 23.2 Å². The highest BCUT2D eigenvalue weighted by molar-refractivity contribution is 7.99. The van der Waals surface area contributed by atoms with Gasteiger partial charge in [0.15, 0.2) is 0 Å². The number of carbonyl (C=O) groups is 1. The van der Waals surface area contributed by atoms with Crippen LogP contribution in [-0.4, -0.2) is 21.8 Å². The molecule has 0 bridgehead atoms. The van der Waals surface area contributed by atoms with Gasteiger partial charge in [0.25, 0.3) is 0 Å². The van der Waals surface area contributed by atoms with Crippen LogP contribution >= 0.6 is 11.8 Å². The summed E-state index contributed by atoms with van der Waals surface area (Å²) in [5.74, 6) is -0.372. The molecule has 0 spiro atoms. The van der Waals surface area contributed by atoms with E-state index in [1.54, 1.807) is 0 Å². The van der Waals surface area contributed by atoms with Gasteiger partial charge in [-0.15, -0.1) is 11.8 Å². The van der Waals surface area contributed by atoms with E-state index in [4.69, 9.17) is 5.11 Å². The zero-order valence-electron chi connectivity index (χ0n) is 9.91. The standard InChI is InChI=1S/C12H12F3NO2S/c13-12(14,15)8-2-1-3-9(16-8)19-7-11(4-5-11)6-10(17)18/h1-3H,4-7H2,(H,17,18). The second-order valence-electron chi connectivity index (χ2n) is 4.72. The molecule has 2 rings (SSSR count). The lowest BCUT2D eigenvalue weighted by molar-refractivity contribution is -0.141. The molecule has 19 heavy (non-hydrogen) atoms. The van der Waals surface area contributed by atoms with Gasteiger partial charge >= 0.3 is 12.1 Å². The van der Waals surface area contributed by atoms with Gasteiger partial charge in [-0.05, 0) is 30.4 Å². The highest BCUT2D eigenvalue weighted by Crippen LogP contribution is 2.51. The number of aliphatic carboxylic acids is 1. The van der Waals surface area contributed by atoms with Crippen molar-refractivity contribution in [3.05, 3.63) is 23.9 Å². The van der Waals surface area contributed by atoms with Gasteiger partial charge in [-0.2, -0.15) is 13.2 Å². The average molecular weight is 291 g/mol. The predicted octanol–water partition coefficient (Wildman–Crippen LogP) is 3.45. The minimum atomic E-state index is -4.45. The number of nitrogens with zero attached hydrogens (tertiary/aromatic N) is 1. The lowest BCUT2D eigenvalue weighted by Gasteiger charge is -2.12. The summed E-state index contributed by atoms with van der Waals surface area (Å²) < 4.78 is 37.4. The first-order valence-corrected chi connectivity index (χ1v) is 6.68. The van der Waals surface area contributed by atoms with E-state index in [1.807, 2.05) is 0 Å². The van der Waals surface area contributed by atoms with Crippen molar-refractivity contribution >= 4 is 17.7 Å². The first-order chi connectivity index (χ1) is 8.81. The van der Waals surface area contributed by atoms with Crippen LogP contribution in [0.1, 0.15) is 25.0 Å². The maximum atomic E-state index is 12.5. The Hall–Kier alpha value is -1.24. The molecule has 0 saturated heterocycles. The van der Waals surface area contributed by atoms with E-state index in [1.165, 1.54) is 23.9 Å². The van der Waals surface area contributed by atoms with Crippen LogP contribution in [0.25, 0.3) is 0 Å². The molecule has 0 aromatic carbocycles. The summed E-state index contributed by atoms with van der Waals surface area (Å²) in [7, 11) is 0. The molecule has 0 amide bonds. The number of halogens is 3. The molecular weight excluding hydrogens is 279 g/mol. The van der Waals surface area contributed by atoms with Crippen LogP contribution in [0.2, 0.25) is 0 Å². The molecule has 1 N–H and O–H groups in total. The Morgan fingerprint density at radius 3 is 2.63 bits per heavy atom. The maximum absolute atomic E-state index is 12.5. The van der Waals surface area contributed by atoms with Crippen molar-refractivity contribution in [3.63, 3.8) is 0 Å². The summed E-state index contributed by atoms with van der Waals surface area (Å²) in [6.07, 6.45) is -2.76. The zero-order valence-corrected chi connectivity index (χ0v) is 10.7. The van der Waals surface area contributed by atoms with Crippen molar-refractivity contribution in [3.8, 4) is 0 Å². The summed E-state index contributed by atoms with van der Waals surface area (Å²) in [4.78, 5) is 14.2. The summed E-state index contributed by atoms with van der Waals surface area (Å²) in [5.41, 5.74) is -1.17. The largest absolute Gasteiger partial charge is 0.481 e. The number of hydrogen-bond donors (Lipinski definition) is 1. The number of carboxylic acids is 1. The van der Waals surface area contributed by atoms with Gasteiger partial charge in [0.1, 0.15) is 5.69 Å². The molecule has 7 heteroatoms. The normalized spacial score (nSPS) is 17.2. The second kappa shape index (κ2) is 5.03. The lowest BCUT2D eigenvalue weighted by atomic mass is 10.1. The third-order valence-corrected chi connectivity index (χ3v) is 4.30. The van der Waals surface area contributed by atoms with Crippen LogP contribution in [0, 0.1) is 5.41 Å². The van der Waals surface area contributed by atoms with Gasteiger partial charge < -0.3 is 5.11 Å². The first-order valence-electron chi connectivity index (χ1n) is 5.70. The molecule has 1 aliphatic carbocycles. The second-order valence-corrected chi connectivity index (χ2v) is 5.71. The molecule has 3 nitrogen and oxygen atoms in total. The highest BCUT2D eigenvalue weighted by atomic mass is 32.2. The molecule has 1 fully saturated rings. The van der Waals surface area contributed by atoms with Crippen LogP contribution in [0.3, 0.4) is 0 Å². The van der Waals surface area contributed by atoms with E-state index >= 15 is 0 Å². The van der Waals surface area contributed by atoms with Crippen LogP contribution in [0.5, 0.6) is 0 Å². The quantitative estimate of drug-likeness (QED) is 0.844. The molecule has 1 heterocycles. The Morgan fingerprint density at radius 2 is 2.11 bits per heavy atom. The van der Waals surface area contributed by atoms with E-state index in [0.717, 1.165) is 18.9 Å². The SMILES string of the molecule is O=C(O)CC1(CSc2cccc(C(F)(F)F)n2)CC1. The predicted molar refractivity (Wildman–Crippen MR) is 63.9 cm³/mol.